The molecule has 4 aliphatic carbocycles. The maximum atomic E-state index is 12.5. The summed E-state index contributed by atoms with van der Waals surface area (Å²) in [7, 11) is 0. The number of nitroso groups, excluding NO2 is 1. The average Bonchev–Trinajstić information content (AvgIpc) is 3.01. The maximum absolute atomic E-state index is 12.5. The highest BCUT2D eigenvalue weighted by Crippen LogP contribution is 2.65. The second-order valence-electron chi connectivity index (χ2n) is 10.2. The Bertz CT molecular complexity index is 688. The van der Waals surface area contributed by atoms with E-state index in [2.05, 4.69) is 19.1 Å². The molecule has 0 N–H and O–H groups in total. The Balaban J connectivity index is 1.43. The molecule has 29 heavy (non-hydrogen) atoms. The predicted octanol–water partition coefficient (Wildman–Crippen LogP) is 5.33. The van der Waals surface area contributed by atoms with Crippen molar-refractivity contribution in [3.05, 3.63) is 4.91 Å². The zero-order valence-electron chi connectivity index (χ0n) is 17.6. The smallest absolute Gasteiger partial charge is 0.433 e. The number of ether oxygens (including phenoxy) is 1. The van der Waals surface area contributed by atoms with Crippen molar-refractivity contribution in [3.8, 4) is 0 Å². The van der Waals surface area contributed by atoms with Gasteiger partial charge in [-0.3, -0.25) is 4.79 Å². The van der Waals surface area contributed by atoms with E-state index in [0.717, 1.165) is 56.4 Å². The number of nitrogens with zero attached hydrogens (tertiary/aromatic N) is 2. The molecule has 0 saturated heterocycles. The standard InChI is InChI=1S/C22H33ClN2O4/c1-21-9-7-15(29-20(27)25(24-28)12-11-23)13-14(21)3-4-16-17-5-6-19(26)22(17,2)10-8-18(16)21/h14-18H,3-13H2,1-2H3. The van der Waals surface area contributed by atoms with E-state index < -0.39 is 6.09 Å². The lowest BCUT2D eigenvalue weighted by atomic mass is 9.45. The first kappa shape index (κ1) is 21.1. The summed E-state index contributed by atoms with van der Waals surface area (Å²) in [6.07, 6.45) is 8.26. The number of fused-ring (bicyclic) bond motifs is 5. The Morgan fingerprint density at radius 2 is 1.97 bits per heavy atom. The molecule has 0 aliphatic heterocycles. The summed E-state index contributed by atoms with van der Waals surface area (Å²) in [5, 5.41) is 3.51. The molecule has 0 heterocycles. The average molecular weight is 425 g/mol. The number of carbonyl (C=O) groups is 2. The summed E-state index contributed by atoms with van der Waals surface area (Å²) in [6, 6.07) is 0. The van der Waals surface area contributed by atoms with Crippen LogP contribution >= 0.6 is 11.6 Å². The van der Waals surface area contributed by atoms with E-state index >= 15 is 0 Å². The minimum Gasteiger partial charge on any atom is -0.445 e. The number of rotatable bonds is 4. The number of hydrogen-bond acceptors (Lipinski definition) is 5. The first-order valence-electron chi connectivity index (χ1n) is 11.2. The van der Waals surface area contributed by atoms with E-state index in [1.165, 1.54) is 6.42 Å². The molecule has 0 spiro atoms. The van der Waals surface area contributed by atoms with Crippen LogP contribution in [0.3, 0.4) is 0 Å². The van der Waals surface area contributed by atoms with Crippen LogP contribution in [0.25, 0.3) is 0 Å². The van der Waals surface area contributed by atoms with Gasteiger partial charge in [0.25, 0.3) is 0 Å². The summed E-state index contributed by atoms with van der Waals surface area (Å²) in [5.41, 5.74) is 0.183. The number of halogens is 1. The third-order valence-electron chi connectivity index (χ3n) is 9.20. The number of alkyl halides is 1. The molecule has 4 fully saturated rings. The molecule has 0 radical (unpaired) electrons. The van der Waals surface area contributed by atoms with Crippen molar-refractivity contribution in [1.82, 2.24) is 5.01 Å². The first-order chi connectivity index (χ1) is 13.8. The number of ketones is 1. The molecule has 7 unspecified atom stereocenters. The Kier molecular flexibility index (Phi) is 5.69. The van der Waals surface area contributed by atoms with Crippen LogP contribution in [0.15, 0.2) is 5.29 Å². The SMILES string of the molecule is CC12CCC3C(CCC4CC(OC(=O)N(CCCl)N=O)CCC43C)C1CCC2=O. The fourth-order valence-electron chi connectivity index (χ4n) is 7.55. The Labute approximate surface area is 178 Å². The summed E-state index contributed by atoms with van der Waals surface area (Å²) in [6.45, 7) is 4.74. The van der Waals surface area contributed by atoms with E-state index in [4.69, 9.17) is 16.3 Å². The van der Waals surface area contributed by atoms with Crippen LogP contribution in [0.1, 0.15) is 71.6 Å². The lowest BCUT2D eigenvalue weighted by Crippen LogP contribution is -2.54. The van der Waals surface area contributed by atoms with E-state index in [1.807, 2.05) is 0 Å². The van der Waals surface area contributed by atoms with Crippen LogP contribution in [0.4, 0.5) is 4.79 Å². The van der Waals surface area contributed by atoms with E-state index in [-0.39, 0.29) is 29.4 Å². The third kappa shape index (κ3) is 3.39. The molecule has 7 atom stereocenters. The molecule has 0 aromatic carbocycles. The van der Waals surface area contributed by atoms with E-state index in [0.29, 0.717) is 29.5 Å². The van der Waals surface area contributed by atoms with Crippen LogP contribution in [-0.2, 0) is 9.53 Å². The molecular formula is C22H33ClN2O4. The molecule has 6 nitrogen and oxygen atoms in total. The van der Waals surface area contributed by atoms with Crippen molar-refractivity contribution in [2.75, 3.05) is 12.4 Å². The monoisotopic (exact) mass is 424 g/mol. The van der Waals surface area contributed by atoms with Crippen molar-refractivity contribution in [2.45, 2.75) is 77.7 Å². The minimum absolute atomic E-state index is 0.0698. The Morgan fingerprint density at radius 3 is 2.69 bits per heavy atom. The Hall–Kier alpha value is -1.17. The van der Waals surface area contributed by atoms with E-state index in [9.17, 15) is 14.5 Å². The molecule has 4 saturated carbocycles. The highest BCUT2D eigenvalue weighted by molar-refractivity contribution is 6.18. The fraction of sp³-hybridized carbons (Fsp3) is 0.909. The normalized spacial score (nSPS) is 43.7. The predicted molar refractivity (Wildman–Crippen MR) is 110 cm³/mol. The van der Waals surface area contributed by atoms with Crippen molar-refractivity contribution >= 4 is 23.5 Å². The van der Waals surface area contributed by atoms with Crippen molar-refractivity contribution < 1.29 is 14.3 Å². The van der Waals surface area contributed by atoms with Crippen LogP contribution in [-0.4, -0.2) is 35.4 Å². The van der Waals surface area contributed by atoms with Crippen molar-refractivity contribution in [2.24, 2.45) is 39.8 Å². The Morgan fingerprint density at radius 1 is 1.17 bits per heavy atom. The maximum Gasteiger partial charge on any atom is 0.433 e. The van der Waals surface area contributed by atoms with Crippen molar-refractivity contribution in [1.29, 1.82) is 0 Å². The molecule has 4 aliphatic rings. The molecule has 162 valence electrons. The number of hydrogen-bond donors (Lipinski definition) is 0. The summed E-state index contributed by atoms with van der Waals surface area (Å²) < 4.78 is 5.62. The second kappa shape index (κ2) is 7.82. The highest BCUT2D eigenvalue weighted by atomic mass is 35.5. The van der Waals surface area contributed by atoms with Gasteiger partial charge < -0.3 is 4.74 Å². The number of carbonyl (C=O) groups excluding carboxylic acids is 2. The molecule has 7 heteroatoms. The number of amides is 1. The lowest BCUT2D eigenvalue weighted by Gasteiger charge is -2.60. The van der Waals surface area contributed by atoms with Crippen LogP contribution in [0.5, 0.6) is 0 Å². The molecule has 0 bridgehead atoms. The van der Waals surface area contributed by atoms with Gasteiger partial charge >= 0.3 is 6.09 Å². The first-order valence-corrected chi connectivity index (χ1v) is 11.8. The highest BCUT2D eigenvalue weighted by Gasteiger charge is 2.60. The van der Waals surface area contributed by atoms with Gasteiger partial charge in [-0.2, -0.15) is 5.01 Å². The molecule has 0 aromatic rings. The van der Waals surface area contributed by atoms with Gasteiger partial charge in [0, 0.05) is 17.7 Å². The van der Waals surface area contributed by atoms with Gasteiger partial charge in [0.1, 0.15) is 11.9 Å². The van der Waals surface area contributed by atoms with Gasteiger partial charge in [-0.25, -0.2) is 4.79 Å². The van der Waals surface area contributed by atoms with E-state index in [1.54, 1.807) is 0 Å². The van der Waals surface area contributed by atoms with Gasteiger partial charge in [0.05, 0.1) is 11.8 Å². The summed E-state index contributed by atoms with van der Waals surface area (Å²) in [5.74, 6) is 3.07. The number of Topliss-reactive ketones (excluding diaryl/α,β-unsaturated/α-hetero) is 1. The summed E-state index contributed by atoms with van der Waals surface area (Å²) >= 11 is 5.62. The molecule has 0 aromatic heterocycles. The quantitative estimate of drug-likeness (QED) is 0.347. The molecular weight excluding hydrogens is 392 g/mol. The minimum atomic E-state index is -0.680. The van der Waals surface area contributed by atoms with Gasteiger partial charge in [-0.1, -0.05) is 13.8 Å². The molecule has 1 amide bonds. The van der Waals surface area contributed by atoms with Gasteiger partial charge in [0.2, 0.25) is 0 Å². The van der Waals surface area contributed by atoms with Crippen molar-refractivity contribution in [3.63, 3.8) is 0 Å². The lowest BCUT2D eigenvalue weighted by molar-refractivity contribution is -0.142. The van der Waals surface area contributed by atoms with Gasteiger partial charge in [-0.05, 0) is 80.5 Å². The summed E-state index contributed by atoms with van der Waals surface area (Å²) in [4.78, 5) is 35.6. The second-order valence-corrected chi connectivity index (χ2v) is 10.6. The zero-order chi connectivity index (χ0) is 20.8. The van der Waals surface area contributed by atoms with Crippen LogP contribution in [0.2, 0.25) is 0 Å². The largest absolute Gasteiger partial charge is 0.445 e. The topological polar surface area (TPSA) is 76.0 Å². The zero-order valence-corrected chi connectivity index (χ0v) is 18.3. The molecule has 4 rings (SSSR count). The van der Waals surface area contributed by atoms with Crippen LogP contribution < -0.4 is 0 Å². The van der Waals surface area contributed by atoms with Gasteiger partial charge in [0.15, 0.2) is 0 Å². The van der Waals surface area contributed by atoms with Crippen LogP contribution in [0, 0.1) is 39.4 Å². The fourth-order valence-corrected chi connectivity index (χ4v) is 7.71. The van der Waals surface area contributed by atoms with Gasteiger partial charge in [-0.15, -0.1) is 16.5 Å². The third-order valence-corrected chi connectivity index (χ3v) is 9.37.